The maximum Gasteiger partial charge on any atom is 0.216 e. The average molecular weight is 319 g/mol. The van der Waals surface area contributed by atoms with Crippen molar-refractivity contribution in [2.45, 2.75) is 45.0 Å². The lowest BCUT2D eigenvalue weighted by atomic mass is 10.1. The second-order valence-electron chi connectivity index (χ2n) is 5.31. The molecule has 1 aromatic carbocycles. The van der Waals surface area contributed by atoms with E-state index in [1.165, 1.54) is 0 Å². The van der Waals surface area contributed by atoms with Crippen LogP contribution in [0.1, 0.15) is 39.3 Å². The highest BCUT2D eigenvalue weighted by Gasteiger charge is 2.23. The molecule has 20 heavy (non-hydrogen) atoms. The molecule has 2 N–H and O–H groups in total. The topological polar surface area (TPSA) is 58.2 Å². The van der Waals surface area contributed by atoms with Crippen LogP contribution in [-0.2, 0) is 10.0 Å². The fraction of sp³-hybridized carbons (Fsp3) is 0.571. The summed E-state index contributed by atoms with van der Waals surface area (Å²) in [5.41, 5.74) is 0.891. The molecule has 1 aromatic rings. The summed E-state index contributed by atoms with van der Waals surface area (Å²) in [6, 6.07) is 7.15. The summed E-state index contributed by atoms with van der Waals surface area (Å²) in [4.78, 5) is 0. The Balaban J connectivity index is 2.67. The standard InChI is InChI=1S/C14H23ClN2O2S/c1-10(2)16-9-11(3)20(18,19)17-12(4)13-5-7-14(15)8-6-13/h5-8,10-12,16-17H,9H2,1-4H3. The second-order valence-corrected chi connectivity index (χ2v) is 7.88. The van der Waals surface area contributed by atoms with Crippen LogP contribution in [0.3, 0.4) is 0 Å². The van der Waals surface area contributed by atoms with Crippen LogP contribution in [0.4, 0.5) is 0 Å². The second kappa shape index (κ2) is 7.41. The van der Waals surface area contributed by atoms with Gasteiger partial charge in [-0.3, -0.25) is 0 Å². The van der Waals surface area contributed by atoms with E-state index in [9.17, 15) is 8.42 Å². The van der Waals surface area contributed by atoms with Gasteiger partial charge in [0.1, 0.15) is 0 Å². The molecule has 0 saturated heterocycles. The largest absolute Gasteiger partial charge is 0.313 e. The quantitative estimate of drug-likeness (QED) is 0.812. The molecule has 4 nitrogen and oxygen atoms in total. The van der Waals surface area contributed by atoms with Crippen LogP contribution in [0.15, 0.2) is 24.3 Å². The summed E-state index contributed by atoms with van der Waals surface area (Å²) in [5, 5.41) is 3.29. The maximum absolute atomic E-state index is 12.2. The summed E-state index contributed by atoms with van der Waals surface area (Å²) < 4.78 is 27.1. The monoisotopic (exact) mass is 318 g/mol. The van der Waals surface area contributed by atoms with E-state index in [2.05, 4.69) is 10.0 Å². The van der Waals surface area contributed by atoms with Crippen LogP contribution in [0.5, 0.6) is 0 Å². The van der Waals surface area contributed by atoms with Crippen LogP contribution in [0.2, 0.25) is 5.02 Å². The number of hydrogen-bond acceptors (Lipinski definition) is 3. The van der Waals surface area contributed by atoms with Crippen molar-refractivity contribution in [2.75, 3.05) is 6.54 Å². The third-order valence-electron chi connectivity index (χ3n) is 3.05. The van der Waals surface area contributed by atoms with Gasteiger partial charge in [-0.2, -0.15) is 0 Å². The summed E-state index contributed by atoms with van der Waals surface area (Å²) in [6.45, 7) is 7.93. The van der Waals surface area contributed by atoms with Crippen molar-refractivity contribution in [2.24, 2.45) is 0 Å². The minimum atomic E-state index is -3.36. The highest BCUT2D eigenvalue weighted by molar-refractivity contribution is 7.90. The number of halogens is 1. The Hall–Kier alpha value is -0.620. The van der Waals surface area contributed by atoms with E-state index >= 15 is 0 Å². The Labute approximate surface area is 127 Å². The Morgan fingerprint density at radius 2 is 1.65 bits per heavy atom. The zero-order chi connectivity index (χ0) is 15.3. The summed E-state index contributed by atoms with van der Waals surface area (Å²) in [7, 11) is -3.36. The van der Waals surface area contributed by atoms with Crippen molar-refractivity contribution in [3.8, 4) is 0 Å². The average Bonchev–Trinajstić information content (AvgIpc) is 2.35. The minimum Gasteiger partial charge on any atom is -0.313 e. The number of sulfonamides is 1. The molecule has 0 heterocycles. The van der Waals surface area contributed by atoms with Crippen molar-refractivity contribution >= 4 is 21.6 Å². The lowest BCUT2D eigenvalue weighted by Crippen LogP contribution is -2.41. The fourth-order valence-electron chi connectivity index (χ4n) is 1.69. The van der Waals surface area contributed by atoms with Gasteiger partial charge in [0, 0.05) is 23.7 Å². The SMILES string of the molecule is CC(C)NCC(C)S(=O)(=O)NC(C)c1ccc(Cl)cc1. The van der Waals surface area contributed by atoms with Crippen LogP contribution in [0, 0.1) is 0 Å². The molecule has 0 amide bonds. The molecule has 0 fully saturated rings. The molecule has 114 valence electrons. The van der Waals surface area contributed by atoms with Crippen LogP contribution in [-0.4, -0.2) is 26.3 Å². The number of rotatable bonds is 7. The first-order valence-corrected chi connectivity index (χ1v) is 8.65. The Kier molecular flexibility index (Phi) is 6.45. The van der Waals surface area contributed by atoms with Crippen molar-refractivity contribution in [1.82, 2.24) is 10.0 Å². The predicted molar refractivity (Wildman–Crippen MR) is 84.5 cm³/mol. The highest BCUT2D eigenvalue weighted by atomic mass is 35.5. The number of nitrogens with one attached hydrogen (secondary N) is 2. The molecule has 0 saturated carbocycles. The zero-order valence-electron chi connectivity index (χ0n) is 12.4. The normalized spacial score (nSPS) is 15.3. The predicted octanol–water partition coefficient (Wildman–Crippen LogP) is 2.71. The zero-order valence-corrected chi connectivity index (χ0v) is 13.9. The molecule has 6 heteroatoms. The lowest BCUT2D eigenvalue weighted by Gasteiger charge is -2.20. The molecular formula is C14H23ClN2O2S. The maximum atomic E-state index is 12.2. The van der Waals surface area contributed by atoms with Gasteiger partial charge in [-0.15, -0.1) is 0 Å². The van der Waals surface area contributed by atoms with E-state index in [0.717, 1.165) is 5.56 Å². The third-order valence-corrected chi connectivity index (χ3v) is 5.21. The van der Waals surface area contributed by atoms with Crippen LogP contribution < -0.4 is 10.0 Å². The van der Waals surface area contributed by atoms with Crippen LogP contribution >= 0.6 is 11.6 Å². The van der Waals surface area contributed by atoms with E-state index < -0.39 is 15.3 Å². The van der Waals surface area contributed by atoms with Gasteiger partial charge in [0.15, 0.2) is 0 Å². The van der Waals surface area contributed by atoms with Gasteiger partial charge in [-0.1, -0.05) is 37.6 Å². The number of hydrogen-bond donors (Lipinski definition) is 2. The molecule has 0 radical (unpaired) electrons. The third kappa shape index (κ3) is 5.40. The Morgan fingerprint density at radius 1 is 1.10 bits per heavy atom. The first-order valence-electron chi connectivity index (χ1n) is 6.72. The first-order chi connectivity index (χ1) is 9.22. The van der Waals surface area contributed by atoms with E-state index in [4.69, 9.17) is 11.6 Å². The van der Waals surface area contributed by atoms with Crippen molar-refractivity contribution in [1.29, 1.82) is 0 Å². The Morgan fingerprint density at radius 3 is 2.15 bits per heavy atom. The summed E-state index contributed by atoms with van der Waals surface area (Å²) in [6.07, 6.45) is 0. The minimum absolute atomic E-state index is 0.265. The molecular weight excluding hydrogens is 296 g/mol. The van der Waals surface area contributed by atoms with Crippen molar-refractivity contribution in [3.05, 3.63) is 34.9 Å². The molecule has 2 atom stereocenters. The highest BCUT2D eigenvalue weighted by Crippen LogP contribution is 2.17. The molecule has 0 spiro atoms. The fourth-order valence-corrected chi connectivity index (χ4v) is 3.00. The van der Waals surface area contributed by atoms with Gasteiger partial charge >= 0.3 is 0 Å². The van der Waals surface area contributed by atoms with Gasteiger partial charge in [0.2, 0.25) is 10.0 Å². The lowest BCUT2D eigenvalue weighted by molar-refractivity contribution is 0.531. The molecule has 0 aliphatic carbocycles. The van der Waals surface area contributed by atoms with Crippen molar-refractivity contribution < 1.29 is 8.42 Å². The van der Waals surface area contributed by atoms with Gasteiger partial charge in [0.25, 0.3) is 0 Å². The molecule has 0 bridgehead atoms. The Bertz CT molecular complexity index is 514. The van der Waals surface area contributed by atoms with E-state index in [1.807, 2.05) is 32.9 Å². The van der Waals surface area contributed by atoms with Gasteiger partial charge in [-0.25, -0.2) is 13.1 Å². The summed E-state index contributed by atoms with van der Waals surface area (Å²) >= 11 is 5.82. The van der Waals surface area contributed by atoms with E-state index in [1.54, 1.807) is 19.1 Å². The molecule has 0 aliphatic heterocycles. The molecule has 2 unspecified atom stereocenters. The molecule has 0 aliphatic rings. The van der Waals surface area contributed by atoms with Gasteiger partial charge < -0.3 is 5.32 Å². The van der Waals surface area contributed by atoms with E-state index in [-0.39, 0.29) is 12.1 Å². The van der Waals surface area contributed by atoms with E-state index in [0.29, 0.717) is 11.6 Å². The summed E-state index contributed by atoms with van der Waals surface area (Å²) in [5.74, 6) is 0. The van der Waals surface area contributed by atoms with Crippen molar-refractivity contribution in [3.63, 3.8) is 0 Å². The first kappa shape index (κ1) is 17.4. The van der Waals surface area contributed by atoms with Gasteiger partial charge in [0.05, 0.1) is 5.25 Å². The molecule has 1 rings (SSSR count). The molecule has 0 aromatic heterocycles. The van der Waals surface area contributed by atoms with Gasteiger partial charge in [-0.05, 0) is 31.5 Å². The van der Waals surface area contributed by atoms with Crippen LogP contribution in [0.25, 0.3) is 0 Å². The number of benzene rings is 1. The smallest absolute Gasteiger partial charge is 0.216 e.